The van der Waals surface area contributed by atoms with E-state index in [9.17, 15) is 13.6 Å². The summed E-state index contributed by atoms with van der Waals surface area (Å²) in [6.45, 7) is 1.70. The summed E-state index contributed by atoms with van der Waals surface area (Å²) in [5, 5.41) is 2.32. The smallest absolute Gasteiger partial charge is 0.258 e. The van der Waals surface area contributed by atoms with Crippen LogP contribution in [0.15, 0.2) is 34.8 Å². The predicted octanol–water partition coefficient (Wildman–Crippen LogP) is 4.94. The fourth-order valence-corrected chi connectivity index (χ4v) is 2.28. The Kier molecular flexibility index (Phi) is 4.40. The zero-order valence-electron chi connectivity index (χ0n) is 10.3. The van der Waals surface area contributed by atoms with Gasteiger partial charge in [-0.3, -0.25) is 4.79 Å². The molecule has 2 aromatic carbocycles. The van der Waals surface area contributed by atoms with E-state index < -0.39 is 17.5 Å². The molecule has 104 valence electrons. The minimum Gasteiger partial charge on any atom is -0.322 e. The third-order valence-corrected chi connectivity index (χ3v) is 3.61. The summed E-state index contributed by atoms with van der Waals surface area (Å²) < 4.78 is 27.5. The second-order valence-corrected chi connectivity index (χ2v) is 5.40. The Hall–Kier alpha value is -1.46. The summed E-state index contributed by atoms with van der Waals surface area (Å²) >= 11 is 8.66. The third-order valence-electron chi connectivity index (χ3n) is 2.71. The highest BCUT2D eigenvalue weighted by molar-refractivity contribution is 9.10. The Balaban J connectivity index is 2.33. The highest BCUT2D eigenvalue weighted by atomic mass is 79.9. The molecular formula is C14H9BrClF2NO. The first-order chi connectivity index (χ1) is 9.40. The van der Waals surface area contributed by atoms with E-state index >= 15 is 0 Å². The molecule has 0 saturated carbocycles. The largest absolute Gasteiger partial charge is 0.322 e. The number of benzene rings is 2. The van der Waals surface area contributed by atoms with E-state index in [1.807, 2.05) is 0 Å². The Morgan fingerprint density at radius 1 is 1.30 bits per heavy atom. The molecule has 0 fully saturated rings. The van der Waals surface area contributed by atoms with Crippen molar-refractivity contribution in [3.63, 3.8) is 0 Å². The molecule has 0 spiro atoms. The van der Waals surface area contributed by atoms with E-state index in [0.717, 1.165) is 0 Å². The Bertz CT molecular complexity index is 691. The molecule has 1 N–H and O–H groups in total. The lowest BCUT2D eigenvalue weighted by Crippen LogP contribution is -2.15. The highest BCUT2D eigenvalue weighted by Gasteiger charge is 2.15. The summed E-state index contributed by atoms with van der Waals surface area (Å²) in [5.74, 6) is -2.01. The van der Waals surface area contributed by atoms with Crippen molar-refractivity contribution in [1.82, 2.24) is 0 Å². The standard InChI is InChI=1S/C14H9BrClF2NO/c1-7-5-9(15)11(17)6-12(7)19-14(20)8-3-2-4-10(16)13(8)18/h2-6H,1H3,(H,19,20). The molecule has 1 amide bonds. The van der Waals surface area contributed by atoms with Crippen LogP contribution in [0, 0.1) is 18.6 Å². The number of anilines is 1. The van der Waals surface area contributed by atoms with Crippen molar-refractivity contribution in [2.45, 2.75) is 6.92 Å². The molecule has 0 atom stereocenters. The van der Waals surface area contributed by atoms with Crippen LogP contribution in [0.4, 0.5) is 14.5 Å². The summed E-state index contributed by atoms with van der Waals surface area (Å²) in [4.78, 5) is 12.0. The lowest BCUT2D eigenvalue weighted by molar-refractivity contribution is 0.102. The zero-order valence-corrected chi connectivity index (χ0v) is 12.6. The van der Waals surface area contributed by atoms with Gasteiger partial charge in [0.25, 0.3) is 5.91 Å². The van der Waals surface area contributed by atoms with Gasteiger partial charge >= 0.3 is 0 Å². The van der Waals surface area contributed by atoms with Gasteiger partial charge in [0, 0.05) is 5.69 Å². The second kappa shape index (κ2) is 5.89. The van der Waals surface area contributed by atoms with Gasteiger partial charge in [-0.2, -0.15) is 0 Å². The maximum atomic E-state index is 13.7. The average molecular weight is 361 g/mol. The van der Waals surface area contributed by atoms with Gasteiger partial charge in [0.1, 0.15) is 5.82 Å². The molecule has 6 heteroatoms. The summed E-state index contributed by atoms with van der Waals surface area (Å²) in [5.41, 5.74) is 0.726. The lowest BCUT2D eigenvalue weighted by atomic mass is 10.1. The van der Waals surface area contributed by atoms with Crippen LogP contribution in [0.1, 0.15) is 15.9 Å². The van der Waals surface area contributed by atoms with E-state index in [4.69, 9.17) is 11.6 Å². The number of amides is 1. The van der Waals surface area contributed by atoms with E-state index in [1.54, 1.807) is 6.92 Å². The maximum Gasteiger partial charge on any atom is 0.258 e. The summed E-state index contributed by atoms with van der Waals surface area (Å²) in [6.07, 6.45) is 0. The number of nitrogens with one attached hydrogen (secondary N) is 1. The van der Waals surface area contributed by atoms with E-state index in [-0.39, 0.29) is 16.3 Å². The molecular weight excluding hydrogens is 352 g/mol. The number of rotatable bonds is 2. The maximum absolute atomic E-state index is 13.7. The molecule has 0 aromatic heterocycles. The van der Waals surface area contributed by atoms with Crippen molar-refractivity contribution in [2.24, 2.45) is 0 Å². The van der Waals surface area contributed by atoms with Gasteiger partial charge in [0.05, 0.1) is 15.1 Å². The normalized spacial score (nSPS) is 10.4. The van der Waals surface area contributed by atoms with Gasteiger partial charge in [0.15, 0.2) is 5.82 Å². The molecule has 0 saturated heterocycles. The van der Waals surface area contributed by atoms with Crippen LogP contribution < -0.4 is 5.32 Å². The van der Waals surface area contributed by atoms with E-state index in [2.05, 4.69) is 21.2 Å². The van der Waals surface area contributed by atoms with Crippen LogP contribution in [0.5, 0.6) is 0 Å². The quantitative estimate of drug-likeness (QED) is 0.807. The van der Waals surface area contributed by atoms with Crippen molar-refractivity contribution in [1.29, 1.82) is 0 Å². The topological polar surface area (TPSA) is 29.1 Å². The predicted molar refractivity (Wildman–Crippen MR) is 78.2 cm³/mol. The lowest BCUT2D eigenvalue weighted by Gasteiger charge is -2.10. The van der Waals surface area contributed by atoms with Crippen LogP contribution in [0.25, 0.3) is 0 Å². The Morgan fingerprint density at radius 3 is 2.70 bits per heavy atom. The molecule has 0 aliphatic rings. The number of halogens is 4. The second-order valence-electron chi connectivity index (χ2n) is 4.14. The fourth-order valence-electron chi connectivity index (χ4n) is 1.65. The molecule has 2 rings (SSSR count). The molecule has 2 nitrogen and oxygen atoms in total. The Labute approximate surface area is 127 Å². The van der Waals surface area contributed by atoms with Gasteiger partial charge < -0.3 is 5.32 Å². The number of carbonyl (C=O) groups is 1. The summed E-state index contributed by atoms with van der Waals surface area (Å²) in [7, 11) is 0. The van der Waals surface area contributed by atoms with Crippen LogP contribution in [-0.4, -0.2) is 5.91 Å². The number of carbonyl (C=O) groups excluding carboxylic acids is 1. The number of hydrogen-bond donors (Lipinski definition) is 1. The van der Waals surface area contributed by atoms with Gasteiger partial charge in [-0.15, -0.1) is 0 Å². The zero-order chi connectivity index (χ0) is 14.9. The molecule has 0 radical (unpaired) electrons. The van der Waals surface area contributed by atoms with Crippen molar-refractivity contribution < 1.29 is 13.6 Å². The molecule has 0 unspecified atom stereocenters. The molecule has 0 heterocycles. The van der Waals surface area contributed by atoms with Crippen LogP contribution in [0.2, 0.25) is 5.02 Å². The monoisotopic (exact) mass is 359 g/mol. The molecule has 2 aromatic rings. The van der Waals surface area contributed by atoms with Crippen molar-refractivity contribution >= 4 is 39.1 Å². The van der Waals surface area contributed by atoms with Crippen LogP contribution >= 0.6 is 27.5 Å². The number of hydrogen-bond acceptors (Lipinski definition) is 1. The number of aryl methyl sites for hydroxylation is 1. The van der Waals surface area contributed by atoms with Crippen molar-refractivity contribution in [3.8, 4) is 0 Å². The van der Waals surface area contributed by atoms with Crippen molar-refractivity contribution in [3.05, 3.63) is 62.6 Å². The van der Waals surface area contributed by atoms with E-state index in [1.165, 1.54) is 30.3 Å². The van der Waals surface area contributed by atoms with Crippen molar-refractivity contribution in [2.75, 3.05) is 5.32 Å². The summed E-state index contributed by atoms with van der Waals surface area (Å²) in [6, 6.07) is 6.81. The van der Waals surface area contributed by atoms with Crippen LogP contribution in [0.3, 0.4) is 0 Å². The minimum atomic E-state index is -0.804. The first kappa shape index (κ1) is 14.9. The van der Waals surface area contributed by atoms with Gasteiger partial charge in [0.2, 0.25) is 0 Å². The highest BCUT2D eigenvalue weighted by Crippen LogP contribution is 2.25. The first-order valence-corrected chi connectivity index (χ1v) is 6.78. The van der Waals surface area contributed by atoms with Gasteiger partial charge in [-0.05, 0) is 52.7 Å². The fraction of sp³-hybridized carbons (Fsp3) is 0.0714. The molecule has 0 aliphatic carbocycles. The SMILES string of the molecule is Cc1cc(Br)c(F)cc1NC(=O)c1cccc(Cl)c1F. The Morgan fingerprint density at radius 2 is 2.00 bits per heavy atom. The molecule has 0 bridgehead atoms. The molecule has 20 heavy (non-hydrogen) atoms. The average Bonchev–Trinajstić information content (AvgIpc) is 2.39. The van der Waals surface area contributed by atoms with Gasteiger partial charge in [-0.25, -0.2) is 8.78 Å². The van der Waals surface area contributed by atoms with E-state index in [0.29, 0.717) is 10.0 Å². The molecule has 0 aliphatic heterocycles. The van der Waals surface area contributed by atoms with Gasteiger partial charge in [-0.1, -0.05) is 17.7 Å². The first-order valence-electron chi connectivity index (χ1n) is 5.61. The van der Waals surface area contributed by atoms with Crippen LogP contribution in [-0.2, 0) is 0 Å². The third kappa shape index (κ3) is 2.99. The minimum absolute atomic E-state index is 0.142.